The van der Waals surface area contributed by atoms with E-state index in [2.05, 4.69) is 0 Å². The first-order chi connectivity index (χ1) is 9.70. The van der Waals surface area contributed by atoms with Crippen LogP contribution in [-0.2, 0) is 11.3 Å². The summed E-state index contributed by atoms with van der Waals surface area (Å²) in [6.45, 7) is 3.31. The number of aryl methyl sites for hydroxylation is 1. The molecule has 2 N–H and O–H groups in total. The molecule has 1 heterocycles. The van der Waals surface area contributed by atoms with Crippen molar-refractivity contribution < 1.29 is 9.21 Å². The molecule has 0 radical (unpaired) electrons. The highest BCUT2D eigenvalue weighted by atomic mass is 16.3. The van der Waals surface area contributed by atoms with Gasteiger partial charge in [-0.05, 0) is 51.3 Å². The molecule has 4 nitrogen and oxygen atoms in total. The molecule has 0 atom stereocenters. The summed E-state index contributed by atoms with van der Waals surface area (Å²) in [4.78, 5) is 14.3. The van der Waals surface area contributed by atoms with Crippen LogP contribution in [0.3, 0.4) is 0 Å². The largest absolute Gasteiger partial charge is 0.464 e. The minimum atomic E-state index is 0.273. The summed E-state index contributed by atoms with van der Waals surface area (Å²) in [5.74, 6) is 2.07. The zero-order valence-electron chi connectivity index (χ0n) is 12.4. The van der Waals surface area contributed by atoms with E-state index in [-0.39, 0.29) is 5.91 Å². The fourth-order valence-electron chi connectivity index (χ4n) is 2.46. The molecular weight excluding hydrogens is 252 g/mol. The maximum atomic E-state index is 12.3. The van der Waals surface area contributed by atoms with Gasteiger partial charge in [-0.25, -0.2) is 0 Å². The fourth-order valence-corrected chi connectivity index (χ4v) is 2.46. The van der Waals surface area contributed by atoms with Crippen molar-refractivity contribution >= 4 is 5.91 Å². The molecule has 0 spiro atoms. The standard InChI is InChI=1S/C16H26N2O2/c1-13-7-10-15(20-13)12-18(14-8-9-14)16(19)6-4-2-3-5-11-17/h7,10,14H,2-6,8-9,11-12,17H2,1H3. The van der Waals surface area contributed by atoms with Crippen molar-refractivity contribution in [3.8, 4) is 0 Å². The number of hydrogen-bond donors (Lipinski definition) is 1. The monoisotopic (exact) mass is 278 g/mol. The van der Waals surface area contributed by atoms with Gasteiger partial charge in [0, 0.05) is 12.5 Å². The summed E-state index contributed by atoms with van der Waals surface area (Å²) in [6.07, 6.45) is 7.19. The van der Waals surface area contributed by atoms with Gasteiger partial charge in [-0.2, -0.15) is 0 Å². The fraction of sp³-hybridized carbons (Fsp3) is 0.688. The quantitative estimate of drug-likeness (QED) is 0.706. The van der Waals surface area contributed by atoms with Crippen LogP contribution in [0, 0.1) is 6.92 Å². The Morgan fingerprint density at radius 3 is 2.65 bits per heavy atom. The minimum absolute atomic E-state index is 0.273. The number of furan rings is 1. The molecule has 4 heteroatoms. The van der Waals surface area contributed by atoms with Crippen LogP contribution < -0.4 is 5.73 Å². The van der Waals surface area contributed by atoms with E-state index in [9.17, 15) is 4.79 Å². The zero-order valence-corrected chi connectivity index (χ0v) is 12.4. The average Bonchev–Trinajstić information content (AvgIpc) is 3.19. The lowest BCUT2D eigenvalue weighted by atomic mass is 10.1. The number of amides is 1. The van der Waals surface area contributed by atoms with E-state index in [1.165, 1.54) is 0 Å². The Bertz CT molecular complexity index is 424. The van der Waals surface area contributed by atoms with Crippen molar-refractivity contribution in [1.82, 2.24) is 4.90 Å². The van der Waals surface area contributed by atoms with E-state index >= 15 is 0 Å². The molecule has 0 aliphatic heterocycles. The molecule has 1 aromatic rings. The number of nitrogens with two attached hydrogens (primary N) is 1. The molecule has 1 aromatic heterocycles. The van der Waals surface area contributed by atoms with Gasteiger partial charge in [0.2, 0.25) is 5.91 Å². The maximum absolute atomic E-state index is 12.3. The maximum Gasteiger partial charge on any atom is 0.223 e. The molecule has 0 aromatic carbocycles. The smallest absolute Gasteiger partial charge is 0.223 e. The molecule has 1 aliphatic rings. The second kappa shape index (κ2) is 7.48. The molecule has 1 saturated carbocycles. The zero-order chi connectivity index (χ0) is 14.4. The second-order valence-electron chi connectivity index (χ2n) is 5.72. The van der Waals surface area contributed by atoms with E-state index in [0.29, 0.717) is 19.0 Å². The average molecular weight is 278 g/mol. The van der Waals surface area contributed by atoms with Gasteiger partial charge >= 0.3 is 0 Å². The molecule has 1 amide bonds. The minimum Gasteiger partial charge on any atom is -0.464 e. The summed E-state index contributed by atoms with van der Waals surface area (Å²) < 4.78 is 5.59. The first kappa shape index (κ1) is 15.1. The van der Waals surface area contributed by atoms with Crippen molar-refractivity contribution in [2.75, 3.05) is 6.54 Å². The first-order valence-electron chi connectivity index (χ1n) is 7.75. The van der Waals surface area contributed by atoms with Gasteiger partial charge in [0.15, 0.2) is 0 Å². The van der Waals surface area contributed by atoms with Crippen LogP contribution in [-0.4, -0.2) is 23.4 Å². The van der Waals surface area contributed by atoms with E-state index in [1.807, 2.05) is 24.0 Å². The van der Waals surface area contributed by atoms with E-state index in [1.54, 1.807) is 0 Å². The van der Waals surface area contributed by atoms with Gasteiger partial charge in [0.25, 0.3) is 0 Å². The number of nitrogens with zero attached hydrogens (tertiary/aromatic N) is 1. The van der Waals surface area contributed by atoms with Gasteiger partial charge in [0.1, 0.15) is 11.5 Å². The molecular formula is C16H26N2O2. The SMILES string of the molecule is Cc1ccc(CN(C(=O)CCCCCCN)C2CC2)o1. The first-order valence-corrected chi connectivity index (χ1v) is 7.75. The molecule has 112 valence electrons. The number of carbonyl (C=O) groups is 1. The van der Waals surface area contributed by atoms with Gasteiger partial charge in [-0.1, -0.05) is 12.8 Å². The van der Waals surface area contributed by atoms with Gasteiger partial charge < -0.3 is 15.1 Å². The van der Waals surface area contributed by atoms with Crippen molar-refractivity contribution in [2.24, 2.45) is 5.73 Å². The van der Waals surface area contributed by atoms with Crippen LogP contribution in [0.4, 0.5) is 0 Å². The molecule has 1 aliphatic carbocycles. The Kier molecular flexibility index (Phi) is 5.65. The third kappa shape index (κ3) is 4.67. The number of carbonyl (C=O) groups excluding carboxylic acids is 1. The lowest BCUT2D eigenvalue weighted by molar-refractivity contribution is -0.132. The van der Waals surface area contributed by atoms with Crippen LogP contribution >= 0.6 is 0 Å². The Morgan fingerprint density at radius 1 is 1.30 bits per heavy atom. The Morgan fingerprint density at radius 2 is 2.05 bits per heavy atom. The number of unbranched alkanes of at least 4 members (excludes halogenated alkanes) is 3. The predicted molar refractivity (Wildman–Crippen MR) is 79.2 cm³/mol. The van der Waals surface area contributed by atoms with E-state index in [0.717, 1.165) is 56.6 Å². The van der Waals surface area contributed by atoms with Crippen LogP contribution in [0.15, 0.2) is 16.5 Å². The van der Waals surface area contributed by atoms with Crippen molar-refractivity contribution in [3.05, 3.63) is 23.7 Å². The summed E-state index contributed by atoms with van der Waals surface area (Å²) in [7, 11) is 0. The van der Waals surface area contributed by atoms with Gasteiger partial charge in [-0.3, -0.25) is 4.79 Å². The van der Waals surface area contributed by atoms with Crippen molar-refractivity contribution in [3.63, 3.8) is 0 Å². The summed E-state index contributed by atoms with van der Waals surface area (Å²) >= 11 is 0. The second-order valence-corrected chi connectivity index (χ2v) is 5.72. The van der Waals surface area contributed by atoms with Crippen molar-refractivity contribution in [1.29, 1.82) is 0 Å². The molecule has 20 heavy (non-hydrogen) atoms. The molecule has 1 fully saturated rings. The lowest BCUT2D eigenvalue weighted by Gasteiger charge is -2.21. The highest BCUT2D eigenvalue weighted by Crippen LogP contribution is 2.29. The van der Waals surface area contributed by atoms with Gasteiger partial charge in [-0.15, -0.1) is 0 Å². The van der Waals surface area contributed by atoms with Crippen LogP contribution in [0.2, 0.25) is 0 Å². The number of hydrogen-bond acceptors (Lipinski definition) is 3. The van der Waals surface area contributed by atoms with E-state index in [4.69, 9.17) is 10.2 Å². The Hall–Kier alpha value is -1.29. The van der Waals surface area contributed by atoms with Gasteiger partial charge in [0.05, 0.1) is 6.54 Å². The molecule has 2 rings (SSSR count). The number of rotatable bonds is 9. The summed E-state index contributed by atoms with van der Waals surface area (Å²) in [5, 5.41) is 0. The van der Waals surface area contributed by atoms with Crippen molar-refractivity contribution in [2.45, 2.75) is 64.5 Å². The normalized spacial score (nSPS) is 14.5. The summed E-state index contributed by atoms with van der Waals surface area (Å²) in [6, 6.07) is 4.37. The predicted octanol–water partition coefficient (Wildman–Crippen LogP) is 2.99. The van der Waals surface area contributed by atoms with Crippen LogP contribution in [0.1, 0.15) is 56.5 Å². The molecule has 0 bridgehead atoms. The van der Waals surface area contributed by atoms with Crippen LogP contribution in [0.5, 0.6) is 0 Å². The molecule has 0 unspecified atom stereocenters. The third-order valence-electron chi connectivity index (χ3n) is 3.77. The topological polar surface area (TPSA) is 59.5 Å². The highest BCUT2D eigenvalue weighted by molar-refractivity contribution is 5.76. The molecule has 0 saturated heterocycles. The highest BCUT2D eigenvalue weighted by Gasteiger charge is 2.32. The third-order valence-corrected chi connectivity index (χ3v) is 3.77. The summed E-state index contributed by atoms with van der Waals surface area (Å²) in [5.41, 5.74) is 5.47. The Balaban J connectivity index is 1.77. The van der Waals surface area contributed by atoms with Crippen LogP contribution in [0.25, 0.3) is 0 Å². The van der Waals surface area contributed by atoms with E-state index < -0.39 is 0 Å². The Labute approximate surface area is 121 Å². The lowest BCUT2D eigenvalue weighted by Crippen LogP contribution is -2.32.